The fourth-order valence-electron chi connectivity index (χ4n) is 2.00. The molecular weight excluding hydrogens is 140 g/mol. The van der Waals surface area contributed by atoms with Crippen molar-refractivity contribution in [3.63, 3.8) is 0 Å². The van der Waals surface area contributed by atoms with E-state index in [1.54, 1.807) is 0 Å². The molecule has 0 spiro atoms. The Balaban J connectivity index is 2.10. The first kappa shape index (κ1) is 7.53. The van der Waals surface area contributed by atoms with Crippen molar-refractivity contribution in [3.05, 3.63) is 0 Å². The van der Waals surface area contributed by atoms with Crippen LogP contribution in [0.1, 0.15) is 13.8 Å². The lowest BCUT2D eigenvalue weighted by molar-refractivity contribution is -0.0558. The molecule has 2 aliphatic heterocycles. The number of nitrogens with one attached hydrogen (secondary N) is 1. The summed E-state index contributed by atoms with van der Waals surface area (Å²) in [7, 11) is 0. The van der Waals surface area contributed by atoms with Gasteiger partial charge in [-0.3, -0.25) is 4.90 Å². The van der Waals surface area contributed by atoms with E-state index in [1.807, 2.05) is 0 Å². The third-order valence-corrected chi connectivity index (χ3v) is 2.67. The SMILES string of the molecule is CC1(C)OCC2CNCCN21. The van der Waals surface area contributed by atoms with Gasteiger partial charge in [-0.15, -0.1) is 0 Å². The normalized spacial score (nSPS) is 37.1. The van der Waals surface area contributed by atoms with Crippen LogP contribution in [0.3, 0.4) is 0 Å². The second-order valence-electron chi connectivity index (χ2n) is 3.81. The second kappa shape index (κ2) is 2.44. The molecule has 1 unspecified atom stereocenters. The second-order valence-corrected chi connectivity index (χ2v) is 3.81. The van der Waals surface area contributed by atoms with Crippen molar-refractivity contribution in [2.75, 3.05) is 26.2 Å². The largest absolute Gasteiger partial charge is 0.359 e. The van der Waals surface area contributed by atoms with Gasteiger partial charge in [-0.25, -0.2) is 0 Å². The Bertz CT molecular complexity index is 158. The third kappa shape index (κ3) is 1.17. The highest BCUT2D eigenvalue weighted by Crippen LogP contribution is 2.27. The molecule has 2 saturated heterocycles. The summed E-state index contributed by atoms with van der Waals surface area (Å²) in [6.45, 7) is 8.50. The summed E-state index contributed by atoms with van der Waals surface area (Å²) in [5.74, 6) is 0. The van der Waals surface area contributed by atoms with Gasteiger partial charge < -0.3 is 10.1 Å². The standard InChI is InChI=1S/C8H16N2O/c1-8(2)10-4-3-9-5-7(10)6-11-8/h7,9H,3-6H2,1-2H3. The first-order valence-corrected chi connectivity index (χ1v) is 4.31. The smallest absolute Gasteiger partial charge is 0.116 e. The van der Waals surface area contributed by atoms with Gasteiger partial charge in [-0.05, 0) is 13.8 Å². The maximum atomic E-state index is 5.67. The van der Waals surface area contributed by atoms with Gasteiger partial charge >= 0.3 is 0 Å². The van der Waals surface area contributed by atoms with Crippen molar-refractivity contribution in [3.8, 4) is 0 Å². The van der Waals surface area contributed by atoms with E-state index in [9.17, 15) is 0 Å². The summed E-state index contributed by atoms with van der Waals surface area (Å²) in [6.07, 6.45) is 0. The highest BCUT2D eigenvalue weighted by Gasteiger charge is 2.41. The van der Waals surface area contributed by atoms with Gasteiger partial charge in [0.2, 0.25) is 0 Å². The molecule has 2 heterocycles. The monoisotopic (exact) mass is 156 g/mol. The van der Waals surface area contributed by atoms with E-state index >= 15 is 0 Å². The molecule has 1 atom stereocenters. The van der Waals surface area contributed by atoms with Crippen LogP contribution in [0.4, 0.5) is 0 Å². The average molecular weight is 156 g/mol. The van der Waals surface area contributed by atoms with Crippen molar-refractivity contribution in [2.24, 2.45) is 0 Å². The third-order valence-electron chi connectivity index (χ3n) is 2.67. The average Bonchev–Trinajstić information content (AvgIpc) is 2.29. The molecule has 0 aromatic rings. The lowest BCUT2D eigenvalue weighted by Gasteiger charge is -2.36. The van der Waals surface area contributed by atoms with Gasteiger partial charge in [-0.1, -0.05) is 0 Å². The minimum absolute atomic E-state index is 0.0211. The van der Waals surface area contributed by atoms with Crippen LogP contribution < -0.4 is 5.32 Å². The number of nitrogens with zero attached hydrogens (tertiary/aromatic N) is 1. The minimum Gasteiger partial charge on any atom is -0.359 e. The van der Waals surface area contributed by atoms with Crippen LogP contribution in [0, 0.1) is 0 Å². The van der Waals surface area contributed by atoms with Gasteiger partial charge in [0.25, 0.3) is 0 Å². The summed E-state index contributed by atoms with van der Waals surface area (Å²) in [5, 5.41) is 3.37. The molecular formula is C8H16N2O. The molecule has 2 rings (SSSR count). The molecule has 0 aromatic carbocycles. The zero-order chi connectivity index (χ0) is 7.90. The van der Waals surface area contributed by atoms with Gasteiger partial charge in [-0.2, -0.15) is 0 Å². The van der Waals surface area contributed by atoms with Crippen LogP contribution in [-0.2, 0) is 4.74 Å². The van der Waals surface area contributed by atoms with Crippen LogP contribution in [-0.4, -0.2) is 42.9 Å². The Kier molecular flexibility index (Phi) is 1.67. The Morgan fingerprint density at radius 2 is 2.36 bits per heavy atom. The van der Waals surface area contributed by atoms with Crippen LogP contribution in [0.2, 0.25) is 0 Å². The molecule has 0 aliphatic carbocycles. The lowest BCUT2D eigenvalue weighted by atomic mass is 10.1. The number of piperazine rings is 1. The van der Waals surface area contributed by atoms with Gasteiger partial charge in [0.15, 0.2) is 0 Å². The Morgan fingerprint density at radius 3 is 3.09 bits per heavy atom. The lowest BCUT2D eigenvalue weighted by Crippen LogP contribution is -2.54. The zero-order valence-electron chi connectivity index (χ0n) is 7.26. The summed E-state index contributed by atoms with van der Waals surface area (Å²) >= 11 is 0. The number of hydrogen-bond donors (Lipinski definition) is 1. The Morgan fingerprint density at radius 1 is 1.55 bits per heavy atom. The van der Waals surface area contributed by atoms with Crippen molar-refractivity contribution in [1.82, 2.24) is 10.2 Å². The predicted octanol–water partition coefficient (Wildman–Crippen LogP) is 0.0265. The van der Waals surface area contributed by atoms with Gasteiger partial charge in [0.1, 0.15) is 5.72 Å². The fourth-order valence-corrected chi connectivity index (χ4v) is 2.00. The maximum Gasteiger partial charge on any atom is 0.116 e. The molecule has 2 aliphatic rings. The molecule has 11 heavy (non-hydrogen) atoms. The molecule has 0 saturated carbocycles. The van der Waals surface area contributed by atoms with Crippen molar-refractivity contribution in [2.45, 2.75) is 25.6 Å². The van der Waals surface area contributed by atoms with E-state index in [-0.39, 0.29) is 5.72 Å². The quantitative estimate of drug-likeness (QED) is 0.535. The summed E-state index contributed by atoms with van der Waals surface area (Å²) < 4.78 is 5.67. The van der Waals surface area contributed by atoms with Gasteiger partial charge in [0.05, 0.1) is 6.61 Å². The van der Waals surface area contributed by atoms with Crippen molar-refractivity contribution >= 4 is 0 Å². The number of ether oxygens (including phenoxy) is 1. The van der Waals surface area contributed by atoms with E-state index in [2.05, 4.69) is 24.1 Å². The molecule has 0 amide bonds. The molecule has 3 nitrogen and oxygen atoms in total. The molecule has 0 radical (unpaired) electrons. The minimum atomic E-state index is -0.0211. The first-order valence-electron chi connectivity index (χ1n) is 4.31. The molecule has 3 heteroatoms. The summed E-state index contributed by atoms with van der Waals surface area (Å²) in [6, 6.07) is 0.610. The molecule has 2 fully saturated rings. The number of hydrogen-bond acceptors (Lipinski definition) is 3. The van der Waals surface area contributed by atoms with E-state index in [4.69, 9.17) is 4.74 Å². The molecule has 1 N–H and O–H groups in total. The Labute approximate surface area is 67.7 Å². The fraction of sp³-hybridized carbons (Fsp3) is 1.00. The molecule has 0 aromatic heterocycles. The van der Waals surface area contributed by atoms with Crippen LogP contribution in [0.15, 0.2) is 0 Å². The number of rotatable bonds is 0. The van der Waals surface area contributed by atoms with Crippen molar-refractivity contribution in [1.29, 1.82) is 0 Å². The van der Waals surface area contributed by atoms with E-state index < -0.39 is 0 Å². The van der Waals surface area contributed by atoms with Crippen LogP contribution in [0.25, 0.3) is 0 Å². The topological polar surface area (TPSA) is 24.5 Å². The predicted molar refractivity (Wildman–Crippen MR) is 43.4 cm³/mol. The maximum absolute atomic E-state index is 5.67. The molecule has 64 valence electrons. The van der Waals surface area contributed by atoms with E-state index in [0.717, 1.165) is 26.2 Å². The van der Waals surface area contributed by atoms with E-state index in [1.165, 1.54) is 0 Å². The zero-order valence-corrected chi connectivity index (χ0v) is 7.26. The first-order chi connectivity index (χ1) is 5.20. The van der Waals surface area contributed by atoms with Crippen LogP contribution >= 0.6 is 0 Å². The highest BCUT2D eigenvalue weighted by atomic mass is 16.5. The number of fused-ring (bicyclic) bond motifs is 1. The van der Waals surface area contributed by atoms with Crippen LogP contribution in [0.5, 0.6) is 0 Å². The highest BCUT2D eigenvalue weighted by molar-refractivity contribution is 4.90. The van der Waals surface area contributed by atoms with Gasteiger partial charge in [0, 0.05) is 25.7 Å². The van der Waals surface area contributed by atoms with E-state index in [0.29, 0.717) is 6.04 Å². The van der Waals surface area contributed by atoms with Crippen molar-refractivity contribution < 1.29 is 4.74 Å². The molecule has 0 bridgehead atoms. The Hall–Kier alpha value is -0.120. The summed E-state index contributed by atoms with van der Waals surface area (Å²) in [4.78, 5) is 2.45. The summed E-state index contributed by atoms with van der Waals surface area (Å²) in [5.41, 5.74) is -0.0211.